The fourth-order valence-electron chi connectivity index (χ4n) is 1.96. The van der Waals surface area contributed by atoms with E-state index in [2.05, 4.69) is 29.6 Å². The molecular weight excluding hydrogens is 322 g/mol. The van der Waals surface area contributed by atoms with Gasteiger partial charge in [0, 0.05) is 5.75 Å². The van der Waals surface area contributed by atoms with E-state index in [0.29, 0.717) is 5.75 Å². The molecule has 24 heavy (non-hydrogen) atoms. The lowest BCUT2D eigenvalue weighted by Gasteiger charge is -2.07. The summed E-state index contributed by atoms with van der Waals surface area (Å²) in [5, 5.41) is 2.58. The van der Waals surface area contributed by atoms with E-state index in [1.54, 1.807) is 0 Å². The van der Waals surface area contributed by atoms with Crippen molar-refractivity contribution in [1.82, 2.24) is 5.32 Å². The Morgan fingerprint density at radius 2 is 1.71 bits per heavy atom. The predicted octanol–water partition coefficient (Wildman–Crippen LogP) is 3.09. The third-order valence-corrected chi connectivity index (χ3v) is 4.30. The van der Waals surface area contributed by atoms with Crippen molar-refractivity contribution in [2.75, 3.05) is 12.3 Å². The van der Waals surface area contributed by atoms with Crippen LogP contribution >= 0.6 is 11.8 Å². The third-order valence-electron chi connectivity index (χ3n) is 3.30. The molecule has 0 spiro atoms. The number of aryl methyl sites for hydroxylation is 1. The molecule has 0 aliphatic heterocycles. The number of ether oxygens (including phenoxy) is 1. The van der Waals surface area contributed by atoms with Crippen LogP contribution in [0.25, 0.3) is 0 Å². The van der Waals surface area contributed by atoms with Crippen LogP contribution in [0, 0.1) is 6.92 Å². The molecule has 5 heteroatoms. The van der Waals surface area contributed by atoms with Gasteiger partial charge in [-0.25, -0.2) is 0 Å². The van der Waals surface area contributed by atoms with Crippen LogP contribution in [0.5, 0.6) is 0 Å². The van der Waals surface area contributed by atoms with Gasteiger partial charge < -0.3 is 10.1 Å². The van der Waals surface area contributed by atoms with Crippen molar-refractivity contribution in [2.24, 2.45) is 0 Å². The van der Waals surface area contributed by atoms with E-state index in [0.717, 1.165) is 11.3 Å². The molecule has 4 nitrogen and oxygen atoms in total. The molecule has 0 fully saturated rings. The molecular formula is C19H21NO3S. The van der Waals surface area contributed by atoms with Crippen molar-refractivity contribution in [3.8, 4) is 0 Å². The highest BCUT2D eigenvalue weighted by Gasteiger charge is 2.07. The van der Waals surface area contributed by atoms with Crippen molar-refractivity contribution in [2.45, 2.75) is 19.3 Å². The highest BCUT2D eigenvalue weighted by atomic mass is 32.2. The highest BCUT2D eigenvalue weighted by molar-refractivity contribution is 7.99. The first-order valence-electron chi connectivity index (χ1n) is 7.73. The number of thioether (sulfide) groups is 1. The summed E-state index contributed by atoms with van der Waals surface area (Å²) in [5.41, 5.74) is 3.32. The zero-order valence-corrected chi connectivity index (χ0v) is 14.5. The topological polar surface area (TPSA) is 55.4 Å². The monoisotopic (exact) mass is 343 g/mol. The quantitative estimate of drug-likeness (QED) is 0.749. The standard InChI is InChI=1S/C19H21NO3S/c1-15-7-9-17(10-8-15)13-24-14-18(21)20-11-19(22)23-12-16-5-3-2-4-6-16/h2-10H,11-14H2,1H3,(H,20,21). The van der Waals surface area contributed by atoms with Crippen LogP contribution in [0.15, 0.2) is 54.6 Å². The second-order valence-electron chi connectivity index (χ2n) is 5.40. The van der Waals surface area contributed by atoms with E-state index < -0.39 is 5.97 Å². The number of benzene rings is 2. The third kappa shape index (κ3) is 6.87. The second-order valence-corrected chi connectivity index (χ2v) is 6.39. The number of rotatable bonds is 8. The first-order valence-corrected chi connectivity index (χ1v) is 8.88. The lowest BCUT2D eigenvalue weighted by molar-refractivity contribution is -0.145. The molecule has 0 bridgehead atoms. The van der Waals surface area contributed by atoms with E-state index >= 15 is 0 Å². The molecule has 0 heterocycles. The zero-order chi connectivity index (χ0) is 17.2. The molecule has 0 atom stereocenters. The SMILES string of the molecule is Cc1ccc(CSCC(=O)NCC(=O)OCc2ccccc2)cc1. The van der Waals surface area contributed by atoms with Gasteiger partial charge in [0.2, 0.25) is 5.91 Å². The first-order chi connectivity index (χ1) is 11.6. The lowest BCUT2D eigenvalue weighted by atomic mass is 10.2. The predicted molar refractivity (Wildman–Crippen MR) is 96.6 cm³/mol. The summed E-state index contributed by atoms with van der Waals surface area (Å²) < 4.78 is 5.10. The summed E-state index contributed by atoms with van der Waals surface area (Å²) in [6.07, 6.45) is 0. The van der Waals surface area contributed by atoms with E-state index in [9.17, 15) is 9.59 Å². The minimum absolute atomic E-state index is 0.100. The summed E-state index contributed by atoms with van der Waals surface area (Å²) in [6.45, 7) is 2.16. The van der Waals surface area contributed by atoms with Crippen molar-refractivity contribution in [3.63, 3.8) is 0 Å². The fourth-order valence-corrected chi connectivity index (χ4v) is 2.77. The van der Waals surface area contributed by atoms with Crippen LogP contribution in [0.2, 0.25) is 0 Å². The van der Waals surface area contributed by atoms with E-state index in [4.69, 9.17) is 4.74 Å². The van der Waals surface area contributed by atoms with Gasteiger partial charge in [0.25, 0.3) is 0 Å². The maximum Gasteiger partial charge on any atom is 0.325 e. The molecule has 0 radical (unpaired) electrons. The van der Waals surface area contributed by atoms with Crippen LogP contribution in [-0.4, -0.2) is 24.2 Å². The summed E-state index contributed by atoms with van der Waals surface area (Å²) in [5.74, 6) is 0.492. The van der Waals surface area contributed by atoms with E-state index in [1.807, 2.05) is 37.3 Å². The summed E-state index contributed by atoms with van der Waals surface area (Å²) in [7, 11) is 0. The fraction of sp³-hybridized carbons (Fsp3) is 0.263. The molecule has 1 amide bonds. The number of hydrogen-bond donors (Lipinski definition) is 1. The van der Waals surface area contributed by atoms with Gasteiger partial charge in [0.1, 0.15) is 13.2 Å². The van der Waals surface area contributed by atoms with Crippen LogP contribution < -0.4 is 5.32 Å². The van der Waals surface area contributed by atoms with Gasteiger partial charge in [-0.2, -0.15) is 0 Å². The number of esters is 1. The average molecular weight is 343 g/mol. The largest absolute Gasteiger partial charge is 0.460 e. The molecule has 126 valence electrons. The van der Waals surface area contributed by atoms with Gasteiger partial charge >= 0.3 is 5.97 Å². The Morgan fingerprint density at radius 3 is 2.42 bits per heavy atom. The maximum atomic E-state index is 11.7. The minimum atomic E-state index is -0.435. The molecule has 0 unspecified atom stereocenters. The van der Waals surface area contributed by atoms with Gasteiger partial charge in [0.05, 0.1) is 5.75 Å². The molecule has 2 aromatic carbocycles. The summed E-state index contributed by atoms with van der Waals surface area (Å²) >= 11 is 1.52. The summed E-state index contributed by atoms with van der Waals surface area (Å²) in [4.78, 5) is 23.3. The average Bonchev–Trinajstić information content (AvgIpc) is 2.61. The maximum absolute atomic E-state index is 11.7. The normalized spacial score (nSPS) is 10.2. The van der Waals surface area contributed by atoms with Gasteiger partial charge in [-0.1, -0.05) is 60.2 Å². The molecule has 0 aromatic heterocycles. The van der Waals surface area contributed by atoms with Crippen molar-refractivity contribution >= 4 is 23.6 Å². The van der Waals surface area contributed by atoms with Crippen LogP contribution in [-0.2, 0) is 26.7 Å². The van der Waals surface area contributed by atoms with Crippen LogP contribution in [0.4, 0.5) is 0 Å². The Labute approximate surface area is 146 Å². The van der Waals surface area contributed by atoms with Crippen molar-refractivity contribution in [1.29, 1.82) is 0 Å². The van der Waals surface area contributed by atoms with Gasteiger partial charge in [0.15, 0.2) is 0 Å². The molecule has 0 saturated heterocycles. The van der Waals surface area contributed by atoms with Crippen LogP contribution in [0.1, 0.15) is 16.7 Å². The molecule has 0 saturated carbocycles. The molecule has 0 aliphatic rings. The second kappa shape index (κ2) is 9.78. The molecule has 1 N–H and O–H groups in total. The van der Waals surface area contributed by atoms with Crippen LogP contribution in [0.3, 0.4) is 0 Å². The van der Waals surface area contributed by atoms with Gasteiger partial charge in [-0.15, -0.1) is 11.8 Å². The molecule has 2 rings (SSSR count). The number of carbonyl (C=O) groups excluding carboxylic acids is 2. The van der Waals surface area contributed by atoms with Gasteiger partial charge in [-0.3, -0.25) is 9.59 Å². The van der Waals surface area contributed by atoms with E-state index in [1.165, 1.54) is 22.9 Å². The molecule has 2 aromatic rings. The van der Waals surface area contributed by atoms with Crippen molar-refractivity contribution < 1.29 is 14.3 Å². The Balaban J connectivity index is 1.58. The summed E-state index contributed by atoms with van der Waals surface area (Å²) in [6, 6.07) is 17.7. The smallest absolute Gasteiger partial charge is 0.325 e. The Hall–Kier alpha value is -2.27. The zero-order valence-electron chi connectivity index (χ0n) is 13.7. The lowest BCUT2D eigenvalue weighted by Crippen LogP contribution is -2.31. The van der Waals surface area contributed by atoms with Gasteiger partial charge in [-0.05, 0) is 18.1 Å². The first kappa shape index (κ1) is 18.1. The van der Waals surface area contributed by atoms with E-state index in [-0.39, 0.29) is 19.1 Å². The minimum Gasteiger partial charge on any atom is -0.460 e. The Morgan fingerprint density at radius 1 is 1.00 bits per heavy atom. The Kier molecular flexibility index (Phi) is 7.36. The van der Waals surface area contributed by atoms with Crippen molar-refractivity contribution in [3.05, 3.63) is 71.3 Å². The number of nitrogens with one attached hydrogen (secondary N) is 1. The highest BCUT2D eigenvalue weighted by Crippen LogP contribution is 2.12. The number of hydrogen-bond acceptors (Lipinski definition) is 4. The Bertz CT molecular complexity index is 656. The number of amides is 1. The molecule has 0 aliphatic carbocycles. The number of carbonyl (C=O) groups is 2.